The molecule has 0 saturated heterocycles. The smallest absolute Gasteiger partial charge is 0.320 e. The van der Waals surface area contributed by atoms with E-state index in [0.29, 0.717) is 6.04 Å². The monoisotopic (exact) mass is 311 g/mol. The molecule has 1 unspecified atom stereocenters. The number of halogens is 1. The lowest BCUT2D eigenvalue weighted by Gasteiger charge is -2.26. The van der Waals surface area contributed by atoms with Crippen LogP contribution in [-0.4, -0.2) is 28.1 Å². The van der Waals surface area contributed by atoms with Crippen LogP contribution >= 0.6 is 15.9 Å². The van der Waals surface area contributed by atoms with Gasteiger partial charge < -0.3 is 5.11 Å². The molecule has 0 radical (unpaired) electrons. The van der Waals surface area contributed by atoms with Crippen molar-refractivity contribution in [3.63, 3.8) is 0 Å². The fourth-order valence-electron chi connectivity index (χ4n) is 2.16. The van der Waals surface area contributed by atoms with Gasteiger partial charge in [-0.1, -0.05) is 22.0 Å². The second-order valence-electron chi connectivity index (χ2n) is 4.99. The topological polar surface area (TPSA) is 40.5 Å². The van der Waals surface area contributed by atoms with E-state index in [1.54, 1.807) is 6.92 Å². The third-order valence-corrected chi connectivity index (χ3v) is 4.02. The largest absolute Gasteiger partial charge is 0.480 e. The fraction of sp³-hybridized carbons (Fsp3) is 0.500. The van der Waals surface area contributed by atoms with Crippen LogP contribution in [0.1, 0.15) is 30.9 Å². The maximum atomic E-state index is 11.2. The minimum atomic E-state index is -0.739. The number of aryl methyl sites for hydroxylation is 1. The fourth-order valence-corrected chi connectivity index (χ4v) is 2.64. The summed E-state index contributed by atoms with van der Waals surface area (Å²) in [5, 5.41) is 9.17. The molecular weight excluding hydrogens is 294 g/mol. The van der Waals surface area contributed by atoms with E-state index in [-0.39, 0.29) is 0 Å². The van der Waals surface area contributed by atoms with Crippen molar-refractivity contribution in [2.45, 2.75) is 45.3 Å². The van der Waals surface area contributed by atoms with Gasteiger partial charge >= 0.3 is 5.97 Å². The lowest BCUT2D eigenvalue weighted by Crippen LogP contribution is -2.40. The number of carboxylic acid groups (broad SMARTS) is 1. The standard InChI is InChI=1S/C14H18BrNO2/c1-9-7-12(15)4-3-11(9)8-16(13-5-6-13)10(2)14(17)18/h3-4,7,10,13H,5-6,8H2,1-2H3,(H,17,18). The van der Waals surface area contributed by atoms with Crippen molar-refractivity contribution in [2.75, 3.05) is 0 Å². The van der Waals surface area contributed by atoms with Crippen molar-refractivity contribution in [1.29, 1.82) is 0 Å². The number of carbonyl (C=O) groups is 1. The highest BCUT2D eigenvalue weighted by molar-refractivity contribution is 9.10. The van der Waals surface area contributed by atoms with Crippen LogP contribution in [0.4, 0.5) is 0 Å². The molecule has 1 aliphatic carbocycles. The molecule has 1 atom stereocenters. The van der Waals surface area contributed by atoms with Gasteiger partial charge in [0, 0.05) is 17.1 Å². The van der Waals surface area contributed by atoms with Crippen LogP contribution in [0.15, 0.2) is 22.7 Å². The Labute approximate surface area is 116 Å². The molecule has 0 heterocycles. The maximum Gasteiger partial charge on any atom is 0.320 e. The van der Waals surface area contributed by atoms with Gasteiger partial charge in [0.2, 0.25) is 0 Å². The van der Waals surface area contributed by atoms with E-state index in [2.05, 4.69) is 39.9 Å². The Hall–Kier alpha value is -0.870. The Balaban J connectivity index is 2.15. The Morgan fingerprint density at radius 3 is 2.72 bits per heavy atom. The molecule has 0 bridgehead atoms. The molecule has 0 aliphatic heterocycles. The predicted molar refractivity (Wildman–Crippen MR) is 74.5 cm³/mol. The molecule has 3 nitrogen and oxygen atoms in total. The first kappa shape index (κ1) is 13.6. The van der Waals surface area contributed by atoms with Crippen LogP contribution in [-0.2, 0) is 11.3 Å². The quantitative estimate of drug-likeness (QED) is 0.908. The van der Waals surface area contributed by atoms with Crippen molar-refractivity contribution in [1.82, 2.24) is 4.90 Å². The summed E-state index contributed by atoms with van der Waals surface area (Å²) in [4.78, 5) is 13.2. The molecule has 1 aliphatic rings. The molecule has 1 N–H and O–H groups in total. The van der Waals surface area contributed by atoms with Gasteiger partial charge in [-0.05, 0) is 49.9 Å². The van der Waals surface area contributed by atoms with Gasteiger partial charge in [0.05, 0.1) is 0 Å². The first-order chi connectivity index (χ1) is 8.49. The number of hydrogen-bond acceptors (Lipinski definition) is 2. The molecule has 98 valence electrons. The van der Waals surface area contributed by atoms with E-state index >= 15 is 0 Å². The highest BCUT2D eigenvalue weighted by Gasteiger charge is 2.35. The van der Waals surface area contributed by atoms with Crippen molar-refractivity contribution in [2.24, 2.45) is 0 Å². The highest BCUT2D eigenvalue weighted by Crippen LogP contribution is 2.31. The summed E-state index contributed by atoms with van der Waals surface area (Å²) in [5.74, 6) is -0.739. The molecule has 1 aromatic rings. The Kier molecular flexibility index (Phi) is 4.07. The van der Waals surface area contributed by atoms with Crippen molar-refractivity contribution in [3.8, 4) is 0 Å². The summed E-state index contributed by atoms with van der Waals surface area (Å²) in [6.07, 6.45) is 2.24. The van der Waals surface area contributed by atoms with E-state index in [9.17, 15) is 9.90 Å². The molecule has 1 fully saturated rings. The maximum absolute atomic E-state index is 11.2. The van der Waals surface area contributed by atoms with Gasteiger partial charge in [0.15, 0.2) is 0 Å². The molecular formula is C14H18BrNO2. The number of nitrogens with zero attached hydrogens (tertiary/aromatic N) is 1. The van der Waals surface area contributed by atoms with Crippen molar-refractivity contribution in [3.05, 3.63) is 33.8 Å². The SMILES string of the molecule is Cc1cc(Br)ccc1CN(C1CC1)C(C)C(=O)O. The first-order valence-corrected chi connectivity index (χ1v) is 7.02. The molecule has 18 heavy (non-hydrogen) atoms. The minimum Gasteiger partial charge on any atom is -0.480 e. The van der Waals surface area contributed by atoms with Gasteiger partial charge in [-0.15, -0.1) is 0 Å². The number of aliphatic carboxylic acids is 1. The van der Waals surface area contributed by atoms with Crippen LogP contribution < -0.4 is 0 Å². The van der Waals surface area contributed by atoms with E-state index in [1.807, 2.05) is 6.07 Å². The van der Waals surface area contributed by atoms with Crippen molar-refractivity contribution >= 4 is 21.9 Å². The lowest BCUT2D eigenvalue weighted by atomic mass is 10.1. The summed E-state index contributed by atoms with van der Waals surface area (Å²) in [5.41, 5.74) is 2.41. The molecule has 2 rings (SSSR count). The summed E-state index contributed by atoms with van der Waals surface area (Å²) in [7, 11) is 0. The molecule has 1 aromatic carbocycles. The Bertz CT molecular complexity index is 457. The zero-order valence-electron chi connectivity index (χ0n) is 10.7. The number of carboxylic acids is 1. The molecule has 0 amide bonds. The Morgan fingerprint density at radius 1 is 1.56 bits per heavy atom. The van der Waals surface area contributed by atoms with Crippen LogP contribution in [0.5, 0.6) is 0 Å². The number of hydrogen-bond donors (Lipinski definition) is 1. The highest BCUT2D eigenvalue weighted by atomic mass is 79.9. The Morgan fingerprint density at radius 2 is 2.22 bits per heavy atom. The van der Waals surface area contributed by atoms with Crippen LogP contribution in [0, 0.1) is 6.92 Å². The third-order valence-electron chi connectivity index (χ3n) is 3.53. The summed E-state index contributed by atoms with van der Waals surface area (Å²) in [6.45, 7) is 4.56. The van der Waals surface area contributed by atoms with Gasteiger partial charge in [0.1, 0.15) is 6.04 Å². The van der Waals surface area contributed by atoms with Gasteiger partial charge in [-0.25, -0.2) is 0 Å². The van der Waals surface area contributed by atoms with E-state index in [1.165, 1.54) is 11.1 Å². The zero-order chi connectivity index (χ0) is 13.3. The van der Waals surface area contributed by atoms with Gasteiger partial charge in [0.25, 0.3) is 0 Å². The summed E-state index contributed by atoms with van der Waals surface area (Å²) in [6, 6.07) is 6.19. The average molecular weight is 312 g/mol. The summed E-state index contributed by atoms with van der Waals surface area (Å²) >= 11 is 3.45. The third kappa shape index (κ3) is 3.12. The summed E-state index contributed by atoms with van der Waals surface area (Å²) < 4.78 is 1.06. The van der Waals surface area contributed by atoms with Gasteiger partial charge in [-0.2, -0.15) is 0 Å². The molecule has 1 saturated carbocycles. The molecule has 0 aromatic heterocycles. The predicted octanol–water partition coefficient (Wildman–Crippen LogP) is 3.20. The van der Waals surface area contributed by atoms with Crippen molar-refractivity contribution < 1.29 is 9.90 Å². The van der Waals surface area contributed by atoms with Crippen LogP contribution in [0.2, 0.25) is 0 Å². The molecule has 4 heteroatoms. The number of benzene rings is 1. The lowest BCUT2D eigenvalue weighted by molar-refractivity contribution is -0.143. The number of rotatable bonds is 5. The first-order valence-electron chi connectivity index (χ1n) is 6.22. The zero-order valence-corrected chi connectivity index (χ0v) is 12.3. The van der Waals surface area contributed by atoms with Gasteiger partial charge in [-0.3, -0.25) is 9.69 Å². The average Bonchev–Trinajstić information content (AvgIpc) is 3.11. The van der Waals surface area contributed by atoms with E-state index in [4.69, 9.17) is 0 Å². The normalized spacial score (nSPS) is 16.9. The van der Waals surface area contributed by atoms with E-state index < -0.39 is 12.0 Å². The second kappa shape index (κ2) is 5.41. The molecule has 0 spiro atoms. The second-order valence-corrected chi connectivity index (χ2v) is 5.90. The minimum absolute atomic E-state index is 0.416. The van der Waals surface area contributed by atoms with E-state index in [0.717, 1.165) is 23.9 Å². The van der Waals surface area contributed by atoms with Crippen LogP contribution in [0.3, 0.4) is 0 Å². The van der Waals surface area contributed by atoms with Crippen LogP contribution in [0.25, 0.3) is 0 Å².